The molecule has 1 saturated heterocycles. The van der Waals surface area contributed by atoms with Crippen LogP contribution in [0.4, 0.5) is 10.5 Å². The van der Waals surface area contributed by atoms with Gasteiger partial charge in [-0.3, -0.25) is 4.79 Å². The van der Waals surface area contributed by atoms with Gasteiger partial charge in [0.2, 0.25) is 5.91 Å². The number of nitrogens with zero attached hydrogens (tertiary/aromatic N) is 2. The molecular formula is C24H29N3O4. The maximum atomic E-state index is 13.0. The van der Waals surface area contributed by atoms with Crippen LogP contribution in [-0.2, 0) is 11.3 Å². The SMILES string of the molecule is CCCCN(Cc1ccccc1)C(=O)NC1CC(=O)N(c2ccc3c(c2)OCCO3)C1. The highest BCUT2D eigenvalue weighted by Crippen LogP contribution is 2.35. The lowest BCUT2D eigenvalue weighted by molar-refractivity contribution is -0.117. The molecule has 4 rings (SSSR count). The van der Waals surface area contributed by atoms with Crippen LogP contribution in [0.15, 0.2) is 48.5 Å². The molecule has 0 radical (unpaired) electrons. The van der Waals surface area contributed by atoms with Crippen LogP contribution in [0.2, 0.25) is 0 Å². The summed E-state index contributed by atoms with van der Waals surface area (Å²) in [6.07, 6.45) is 2.23. The molecule has 2 aliphatic heterocycles. The molecule has 1 fully saturated rings. The Morgan fingerprint density at radius 3 is 2.68 bits per heavy atom. The average Bonchev–Trinajstić information content (AvgIpc) is 3.16. The predicted molar refractivity (Wildman–Crippen MR) is 118 cm³/mol. The number of fused-ring (bicyclic) bond motifs is 1. The smallest absolute Gasteiger partial charge is 0.317 e. The third kappa shape index (κ3) is 5.10. The molecule has 0 aliphatic carbocycles. The van der Waals surface area contributed by atoms with E-state index < -0.39 is 0 Å². The molecule has 0 aromatic heterocycles. The highest BCUT2D eigenvalue weighted by Gasteiger charge is 2.33. The minimum absolute atomic E-state index is 0.00912. The zero-order valence-electron chi connectivity index (χ0n) is 17.9. The van der Waals surface area contributed by atoms with Gasteiger partial charge >= 0.3 is 6.03 Å². The summed E-state index contributed by atoms with van der Waals surface area (Å²) in [6, 6.07) is 15.1. The Hall–Kier alpha value is -3.22. The van der Waals surface area contributed by atoms with Gasteiger partial charge in [-0.25, -0.2) is 4.79 Å². The lowest BCUT2D eigenvalue weighted by Crippen LogP contribution is -2.45. The van der Waals surface area contributed by atoms with Crippen molar-refractivity contribution in [3.8, 4) is 11.5 Å². The van der Waals surface area contributed by atoms with Crippen molar-refractivity contribution in [1.82, 2.24) is 10.2 Å². The quantitative estimate of drug-likeness (QED) is 0.739. The first kappa shape index (κ1) is 21.0. The first-order valence-corrected chi connectivity index (χ1v) is 10.9. The summed E-state index contributed by atoms with van der Waals surface area (Å²) < 4.78 is 11.2. The van der Waals surface area contributed by atoms with E-state index in [1.54, 1.807) is 4.90 Å². The molecule has 164 valence electrons. The molecule has 2 heterocycles. The third-order valence-electron chi connectivity index (χ3n) is 5.58. The summed E-state index contributed by atoms with van der Waals surface area (Å²) in [5, 5.41) is 3.07. The molecule has 0 spiro atoms. The van der Waals surface area contributed by atoms with Crippen LogP contribution >= 0.6 is 0 Å². The van der Waals surface area contributed by atoms with Gasteiger partial charge in [-0.05, 0) is 24.1 Å². The number of unbranched alkanes of at least 4 members (excludes halogenated alkanes) is 1. The lowest BCUT2D eigenvalue weighted by atomic mass is 10.2. The second kappa shape index (κ2) is 9.73. The zero-order chi connectivity index (χ0) is 21.6. The van der Waals surface area contributed by atoms with E-state index in [-0.39, 0.29) is 24.4 Å². The zero-order valence-corrected chi connectivity index (χ0v) is 17.9. The van der Waals surface area contributed by atoms with Gasteiger partial charge in [-0.1, -0.05) is 43.7 Å². The van der Waals surface area contributed by atoms with Crippen LogP contribution in [0.25, 0.3) is 0 Å². The first-order chi connectivity index (χ1) is 15.1. The molecule has 3 amide bonds. The monoisotopic (exact) mass is 423 g/mol. The second-order valence-corrected chi connectivity index (χ2v) is 7.94. The van der Waals surface area contributed by atoms with Gasteiger partial charge in [0.05, 0.1) is 6.04 Å². The number of rotatable bonds is 7. The van der Waals surface area contributed by atoms with E-state index in [0.29, 0.717) is 44.3 Å². The molecule has 7 nitrogen and oxygen atoms in total. The summed E-state index contributed by atoms with van der Waals surface area (Å²) in [6.45, 7) is 4.82. The summed E-state index contributed by atoms with van der Waals surface area (Å²) in [5.41, 5.74) is 1.85. The van der Waals surface area contributed by atoms with E-state index in [1.165, 1.54) is 0 Å². The number of hydrogen-bond donors (Lipinski definition) is 1. The van der Waals surface area contributed by atoms with Crippen LogP contribution in [0.3, 0.4) is 0 Å². The fourth-order valence-electron chi connectivity index (χ4n) is 3.92. The third-order valence-corrected chi connectivity index (χ3v) is 5.58. The Labute approximate surface area is 182 Å². The summed E-state index contributed by atoms with van der Waals surface area (Å²) in [5.74, 6) is 1.33. The van der Waals surface area contributed by atoms with Crippen molar-refractivity contribution >= 4 is 17.6 Å². The molecule has 2 aliphatic rings. The molecule has 0 bridgehead atoms. The number of hydrogen-bond acceptors (Lipinski definition) is 4. The van der Waals surface area contributed by atoms with E-state index >= 15 is 0 Å². The van der Waals surface area contributed by atoms with E-state index in [1.807, 2.05) is 53.4 Å². The van der Waals surface area contributed by atoms with Crippen molar-refractivity contribution in [2.24, 2.45) is 0 Å². The fourth-order valence-corrected chi connectivity index (χ4v) is 3.92. The Morgan fingerprint density at radius 2 is 1.90 bits per heavy atom. The molecule has 2 aromatic rings. The topological polar surface area (TPSA) is 71.1 Å². The number of carbonyl (C=O) groups is 2. The van der Waals surface area contributed by atoms with Gasteiger partial charge in [0.25, 0.3) is 0 Å². The molecule has 1 atom stereocenters. The van der Waals surface area contributed by atoms with Crippen molar-refractivity contribution in [1.29, 1.82) is 0 Å². The molecule has 1 unspecified atom stereocenters. The maximum Gasteiger partial charge on any atom is 0.317 e. The fraction of sp³-hybridized carbons (Fsp3) is 0.417. The van der Waals surface area contributed by atoms with E-state index in [9.17, 15) is 9.59 Å². The van der Waals surface area contributed by atoms with Gasteiger partial charge < -0.3 is 24.6 Å². The van der Waals surface area contributed by atoms with Crippen LogP contribution < -0.4 is 19.7 Å². The molecule has 1 N–H and O–H groups in total. The predicted octanol–water partition coefficient (Wildman–Crippen LogP) is 3.58. The minimum Gasteiger partial charge on any atom is -0.486 e. The van der Waals surface area contributed by atoms with Crippen molar-refractivity contribution in [2.75, 3.05) is 31.2 Å². The Kier molecular flexibility index (Phi) is 6.60. The number of ether oxygens (including phenoxy) is 2. The summed E-state index contributed by atoms with van der Waals surface area (Å²) in [4.78, 5) is 29.2. The lowest BCUT2D eigenvalue weighted by Gasteiger charge is -2.25. The standard InChI is InChI=1S/C24H29N3O4/c1-2-3-11-26(16-18-7-5-4-6-8-18)24(29)25-19-14-23(28)27(17-19)20-9-10-21-22(15-20)31-13-12-30-21/h4-10,15,19H,2-3,11-14,16-17H2,1H3,(H,25,29). The van der Waals surface area contributed by atoms with Crippen molar-refractivity contribution < 1.29 is 19.1 Å². The second-order valence-electron chi connectivity index (χ2n) is 7.94. The van der Waals surface area contributed by atoms with Gasteiger partial charge in [0.1, 0.15) is 13.2 Å². The van der Waals surface area contributed by atoms with Crippen LogP contribution in [0.5, 0.6) is 11.5 Å². The average molecular weight is 424 g/mol. The number of urea groups is 1. The Bertz CT molecular complexity index is 918. The van der Waals surface area contributed by atoms with Crippen LogP contribution in [-0.4, -0.2) is 49.2 Å². The molecule has 31 heavy (non-hydrogen) atoms. The summed E-state index contributed by atoms with van der Waals surface area (Å²) in [7, 11) is 0. The number of nitrogens with one attached hydrogen (secondary N) is 1. The van der Waals surface area contributed by atoms with Crippen LogP contribution in [0, 0.1) is 0 Å². The van der Waals surface area contributed by atoms with Crippen molar-refractivity contribution in [3.05, 3.63) is 54.1 Å². The molecule has 2 aromatic carbocycles. The highest BCUT2D eigenvalue weighted by molar-refractivity contribution is 5.97. The van der Waals surface area contributed by atoms with Gasteiger partial charge in [-0.15, -0.1) is 0 Å². The molecular weight excluding hydrogens is 394 g/mol. The Morgan fingerprint density at radius 1 is 1.13 bits per heavy atom. The largest absolute Gasteiger partial charge is 0.486 e. The van der Waals surface area contributed by atoms with Gasteiger partial charge in [0.15, 0.2) is 11.5 Å². The van der Waals surface area contributed by atoms with E-state index in [0.717, 1.165) is 24.1 Å². The Balaban J connectivity index is 1.40. The van der Waals surface area contributed by atoms with Crippen molar-refractivity contribution in [2.45, 2.75) is 38.8 Å². The summed E-state index contributed by atoms with van der Waals surface area (Å²) >= 11 is 0. The van der Waals surface area contributed by atoms with E-state index in [4.69, 9.17) is 9.47 Å². The minimum atomic E-state index is -0.229. The number of carbonyl (C=O) groups excluding carboxylic acids is 2. The van der Waals surface area contributed by atoms with Crippen molar-refractivity contribution in [3.63, 3.8) is 0 Å². The number of amides is 3. The van der Waals surface area contributed by atoms with Gasteiger partial charge in [0, 0.05) is 37.8 Å². The van der Waals surface area contributed by atoms with Crippen LogP contribution in [0.1, 0.15) is 31.7 Å². The first-order valence-electron chi connectivity index (χ1n) is 10.9. The number of anilines is 1. The number of benzene rings is 2. The molecule has 0 saturated carbocycles. The highest BCUT2D eigenvalue weighted by atomic mass is 16.6. The molecule has 7 heteroatoms. The normalized spacial score (nSPS) is 17.5. The van der Waals surface area contributed by atoms with Gasteiger partial charge in [-0.2, -0.15) is 0 Å². The maximum absolute atomic E-state index is 13.0. The van der Waals surface area contributed by atoms with E-state index in [2.05, 4.69) is 12.2 Å².